The van der Waals surface area contributed by atoms with Crippen LogP contribution in [0.5, 0.6) is 0 Å². The van der Waals surface area contributed by atoms with Gasteiger partial charge in [-0.2, -0.15) is 18.3 Å². The van der Waals surface area contributed by atoms with Crippen molar-refractivity contribution >= 4 is 17.4 Å². The highest BCUT2D eigenvalue weighted by Gasteiger charge is 2.46. The Bertz CT molecular complexity index is 1320. The summed E-state index contributed by atoms with van der Waals surface area (Å²) >= 11 is 0. The van der Waals surface area contributed by atoms with E-state index in [4.69, 9.17) is 0 Å². The molecule has 1 aliphatic heterocycles. The van der Waals surface area contributed by atoms with Crippen molar-refractivity contribution in [2.24, 2.45) is 13.0 Å². The third-order valence-electron chi connectivity index (χ3n) is 7.25. The molecule has 0 saturated carbocycles. The SMILES string of the molecule is CCN1C(=O)C(C2=CC(c3cnn(C)c3)=CCC2)C(=O)N(C2=CCCC=C2)C2=C1CCC(C(F)(F)F)=C2. The van der Waals surface area contributed by atoms with Crippen LogP contribution >= 0.6 is 0 Å². The summed E-state index contributed by atoms with van der Waals surface area (Å²) < 4.78 is 43.0. The number of hydrogen-bond acceptors (Lipinski definition) is 3. The zero-order valence-electron chi connectivity index (χ0n) is 20.9. The lowest BCUT2D eigenvalue weighted by Gasteiger charge is -2.32. The van der Waals surface area contributed by atoms with E-state index in [0.717, 1.165) is 23.6 Å². The molecular formula is C28H29F3N4O2. The Balaban J connectivity index is 1.65. The molecule has 5 rings (SSSR count). The minimum Gasteiger partial charge on any atom is -0.313 e. The number of halogens is 3. The Labute approximate surface area is 213 Å². The van der Waals surface area contributed by atoms with Crippen LogP contribution in [0.2, 0.25) is 0 Å². The van der Waals surface area contributed by atoms with Gasteiger partial charge in [-0.1, -0.05) is 24.3 Å². The third-order valence-corrected chi connectivity index (χ3v) is 7.25. The Morgan fingerprint density at radius 2 is 1.84 bits per heavy atom. The monoisotopic (exact) mass is 510 g/mol. The molecule has 0 bridgehead atoms. The fourth-order valence-electron chi connectivity index (χ4n) is 5.45. The topological polar surface area (TPSA) is 58.4 Å². The number of aryl methyl sites for hydroxylation is 1. The van der Waals surface area contributed by atoms with Gasteiger partial charge in [-0.25, -0.2) is 0 Å². The van der Waals surface area contributed by atoms with Crippen LogP contribution in [0, 0.1) is 5.92 Å². The summed E-state index contributed by atoms with van der Waals surface area (Å²) in [5.74, 6) is -2.01. The maximum absolute atomic E-state index is 14.3. The van der Waals surface area contributed by atoms with Gasteiger partial charge in [0, 0.05) is 42.3 Å². The first-order chi connectivity index (χ1) is 17.7. The molecule has 1 aromatic heterocycles. The number of nitrogens with zero attached hydrogens (tertiary/aromatic N) is 4. The van der Waals surface area contributed by atoms with Crippen molar-refractivity contribution in [3.05, 3.63) is 82.7 Å². The second kappa shape index (κ2) is 9.68. The van der Waals surface area contributed by atoms with E-state index in [0.29, 0.717) is 36.2 Å². The van der Waals surface area contributed by atoms with Gasteiger partial charge in [-0.3, -0.25) is 19.2 Å². The standard InChI is InChI=1S/C28H29F3N4O2/c1-3-34-23-13-12-21(28(29,30)31)15-24(23)35(22-10-5-4-6-11-22)27(37)25(26(34)36)19-9-7-8-18(14-19)20-16-32-33(2)17-20/h5,8,10-11,14-17,25H,3-4,6-7,9,12-13H2,1-2H3. The lowest BCUT2D eigenvalue weighted by atomic mass is 9.86. The van der Waals surface area contributed by atoms with Gasteiger partial charge < -0.3 is 4.90 Å². The van der Waals surface area contributed by atoms with Gasteiger partial charge in [0.1, 0.15) is 5.92 Å². The largest absolute Gasteiger partial charge is 0.412 e. The summed E-state index contributed by atoms with van der Waals surface area (Å²) in [5, 5.41) is 4.22. The smallest absolute Gasteiger partial charge is 0.313 e. The first-order valence-electron chi connectivity index (χ1n) is 12.6. The van der Waals surface area contributed by atoms with E-state index in [1.807, 2.05) is 31.5 Å². The summed E-state index contributed by atoms with van der Waals surface area (Å²) in [5.41, 5.74) is 2.87. The molecule has 4 aliphatic rings. The van der Waals surface area contributed by atoms with E-state index in [1.165, 1.54) is 9.80 Å². The van der Waals surface area contributed by atoms with Gasteiger partial charge in [0.15, 0.2) is 0 Å². The van der Waals surface area contributed by atoms with Crippen LogP contribution in [-0.4, -0.2) is 44.1 Å². The lowest BCUT2D eigenvalue weighted by Crippen LogP contribution is -2.41. The first-order valence-corrected chi connectivity index (χ1v) is 12.6. The number of rotatable bonds is 4. The van der Waals surface area contributed by atoms with Gasteiger partial charge >= 0.3 is 6.18 Å². The summed E-state index contributed by atoms with van der Waals surface area (Å²) in [6.07, 6.45) is 12.0. The molecule has 0 fully saturated rings. The van der Waals surface area contributed by atoms with Crippen LogP contribution in [0.15, 0.2) is 77.1 Å². The predicted octanol–water partition coefficient (Wildman–Crippen LogP) is 5.56. The van der Waals surface area contributed by atoms with E-state index in [-0.39, 0.29) is 31.0 Å². The average Bonchev–Trinajstić information content (AvgIpc) is 3.28. The average molecular weight is 511 g/mol. The third kappa shape index (κ3) is 4.63. The Hall–Kier alpha value is -3.62. The zero-order valence-corrected chi connectivity index (χ0v) is 20.9. The maximum atomic E-state index is 14.3. The van der Waals surface area contributed by atoms with Crippen molar-refractivity contribution in [2.75, 3.05) is 6.54 Å². The van der Waals surface area contributed by atoms with Crippen LogP contribution in [0.25, 0.3) is 5.57 Å². The van der Waals surface area contributed by atoms with Crippen molar-refractivity contribution in [3.63, 3.8) is 0 Å². The highest BCUT2D eigenvalue weighted by Crippen LogP contribution is 2.43. The van der Waals surface area contributed by atoms with E-state index in [9.17, 15) is 22.8 Å². The molecule has 2 heterocycles. The second-order valence-electron chi connectivity index (χ2n) is 9.62. The minimum atomic E-state index is -4.51. The normalized spacial score (nSPS) is 22.9. The molecule has 2 amide bonds. The van der Waals surface area contributed by atoms with E-state index in [2.05, 4.69) is 11.2 Å². The number of carbonyl (C=O) groups excluding carboxylic acids is 2. The molecule has 1 aromatic rings. The van der Waals surface area contributed by atoms with Crippen LogP contribution in [-0.2, 0) is 16.6 Å². The van der Waals surface area contributed by atoms with Gasteiger partial charge in [0.2, 0.25) is 11.8 Å². The van der Waals surface area contributed by atoms with Crippen molar-refractivity contribution in [2.45, 2.75) is 51.6 Å². The van der Waals surface area contributed by atoms with Gasteiger partial charge in [-0.15, -0.1) is 0 Å². The number of amides is 2. The van der Waals surface area contributed by atoms with E-state index >= 15 is 0 Å². The molecule has 194 valence electrons. The molecule has 37 heavy (non-hydrogen) atoms. The molecule has 0 radical (unpaired) electrons. The van der Waals surface area contributed by atoms with Gasteiger partial charge in [-0.05, 0) is 68.7 Å². The van der Waals surface area contributed by atoms with Crippen molar-refractivity contribution in [1.82, 2.24) is 19.6 Å². The van der Waals surface area contributed by atoms with Crippen LogP contribution in [0.4, 0.5) is 13.2 Å². The number of allylic oxidation sites excluding steroid dienone is 9. The fourth-order valence-corrected chi connectivity index (χ4v) is 5.45. The molecule has 0 N–H and O–H groups in total. The van der Waals surface area contributed by atoms with Crippen LogP contribution in [0.3, 0.4) is 0 Å². The minimum absolute atomic E-state index is 0.0354. The number of carbonyl (C=O) groups is 2. The fraction of sp³-hybridized carbons (Fsp3) is 0.393. The molecule has 3 aliphatic carbocycles. The number of alkyl halides is 3. The molecule has 0 saturated heterocycles. The van der Waals surface area contributed by atoms with E-state index < -0.39 is 23.6 Å². The molecule has 1 atom stereocenters. The number of hydrogen-bond donors (Lipinski definition) is 0. The summed E-state index contributed by atoms with van der Waals surface area (Å²) in [6, 6.07) is 0. The molecular weight excluding hydrogens is 481 g/mol. The number of aromatic nitrogens is 2. The molecule has 0 aromatic carbocycles. The van der Waals surface area contributed by atoms with Crippen molar-refractivity contribution in [1.29, 1.82) is 0 Å². The lowest BCUT2D eigenvalue weighted by molar-refractivity contribution is -0.140. The first kappa shape index (κ1) is 25.0. The summed E-state index contributed by atoms with van der Waals surface area (Å²) in [4.78, 5) is 31.1. The van der Waals surface area contributed by atoms with Gasteiger partial charge in [0.05, 0.1) is 11.9 Å². The van der Waals surface area contributed by atoms with Crippen molar-refractivity contribution < 1.29 is 22.8 Å². The van der Waals surface area contributed by atoms with E-state index in [1.54, 1.807) is 23.9 Å². The Morgan fingerprint density at radius 3 is 2.49 bits per heavy atom. The van der Waals surface area contributed by atoms with Crippen molar-refractivity contribution in [3.8, 4) is 0 Å². The second-order valence-corrected chi connectivity index (χ2v) is 9.62. The summed E-state index contributed by atoms with van der Waals surface area (Å²) in [6.45, 7) is 2.05. The Kier molecular flexibility index (Phi) is 6.56. The highest BCUT2D eigenvalue weighted by atomic mass is 19.4. The predicted molar refractivity (Wildman–Crippen MR) is 133 cm³/mol. The zero-order chi connectivity index (χ0) is 26.3. The van der Waals surface area contributed by atoms with Gasteiger partial charge in [0.25, 0.3) is 0 Å². The van der Waals surface area contributed by atoms with Crippen LogP contribution in [0.1, 0.15) is 51.0 Å². The maximum Gasteiger partial charge on any atom is 0.412 e. The molecule has 1 unspecified atom stereocenters. The highest BCUT2D eigenvalue weighted by molar-refractivity contribution is 6.07. The molecule has 9 heteroatoms. The summed E-state index contributed by atoms with van der Waals surface area (Å²) in [7, 11) is 1.82. The Morgan fingerprint density at radius 1 is 1.03 bits per heavy atom. The van der Waals surface area contributed by atoms with Crippen LogP contribution < -0.4 is 0 Å². The molecule has 6 nitrogen and oxygen atoms in total. The molecule has 0 spiro atoms. The quantitative estimate of drug-likeness (QED) is 0.499.